The predicted octanol–water partition coefficient (Wildman–Crippen LogP) is 2.10. The van der Waals surface area contributed by atoms with Crippen molar-refractivity contribution in [1.82, 2.24) is 10.4 Å². The maximum atomic E-state index is 12.7. The molecular weight excluding hydrogens is 247 g/mol. The van der Waals surface area contributed by atoms with E-state index in [1.54, 1.807) is 12.1 Å². The quantitative estimate of drug-likeness (QED) is 0.770. The van der Waals surface area contributed by atoms with Gasteiger partial charge in [0.05, 0.1) is 12.6 Å². The third kappa shape index (κ3) is 4.96. The highest BCUT2D eigenvalue weighted by molar-refractivity contribution is 5.80. The largest absolute Gasteiger partial charge is 0.293 e. The summed E-state index contributed by atoms with van der Waals surface area (Å²) < 4.78 is 12.7. The van der Waals surface area contributed by atoms with Gasteiger partial charge in [-0.15, -0.1) is 0 Å². The van der Waals surface area contributed by atoms with Gasteiger partial charge >= 0.3 is 0 Å². The van der Waals surface area contributed by atoms with E-state index in [0.29, 0.717) is 0 Å². The first-order chi connectivity index (χ1) is 9.08. The molecular formula is C14H21FN2O2. The zero-order chi connectivity index (χ0) is 14.3. The number of hydroxylamine groups is 1. The first-order valence-corrected chi connectivity index (χ1v) is 6.48. The Balaban J connectivity index is 2.36. The van der Waals surface area contributed by atoms with E-state index in [1.807, 2.05) is 25.7 Å². The van der Waals surface area contributed by atoms with Gasteiger partial charge in [-0.25, -0.2) is 9.87 Å². The highest BCUT2D eigenvalue weighted by atomic mass is 19.1. The van der Waals surface area contributed by atoms with Crippen molar-refractivity contribution >= 4 is 5.91 Å². The molecule has 1 atom stereocenters. The summed E-state index contributed by atoms with van der Waals surface area (Å²) in [6, 6.07) is 5.73. The van der Waals surface area contributed by atoms with Crippen molar-refractivity contribution in [2.24, 2.45) is 0 Å². The number of carbonyl (C=O) groups is 1. The molecule has 0 aliphatic carbocycles. The zero-order valence-electron chi connectivity index (χ0n) is 11.6. The summed E-state index contributed by atoms with van der Waals surface area (Å²) in [5, 5.41) is 0. The van der Waals surface area contributed by atoms with Crippen molar-refractivity contribution in [1.29, 1.82) is 0 Å². The van der Waals surface area contributed by atoms with Crippen molar-refractivity contribution in [3.63, 3.8) is 0 Å². The molecule has 0 unspecified atom stereocenters. The minimum atomic E-state index is -0.289. The molecule has 0 spiro atoms. The molecule has 0 aromatic heterocycles. The van der Waals surface area contributed by atoms with Crippen molar-refractivity contribution in [2.45, 2.75) is 33.4 Å². The number of rotatable bonds is 7. The van der Waals surface area contributed by atoms with Crippen LogP contribution >= 0.6 is 0 Å². The molecule has 0 aliphatic heterocycles. The van der Waals surface area contributed by atoms with Crippen LogP contribution in [0.3, 0.4) is 0 Å². The molecule has 106 valence electrons. The van der Waals surface area contributed by atoms with Crippen LogP contribution in [0.2, 0.25) is 0 Å². The second-order valence-corrected chi connectivity index (χ2v) is 4.28. The molecule has 19 heavy (non-hydrogen) atoms. The minimum absolute atomic E-state index is 0.175. The minimum Gasteiger partial charge on any atom is -0.293 e. The molecule has 0 bridgehead atoms. The maximum Gasteiger partial charge on any atom is 0.260 e. The summed E-state index contributed by atoms with van der Waals surface area (Å²) in [4.78, 5) is 19.0. The molecule has 0 saturated heterocycles. The number of hydrogen-bond acceptors (Lipinski definition) is 3. The van der Waals surface area contributed by atoms with Crippen LogP contribution in [0.15, 0.2) is 24.3 Å². The van der Waals surface area contributed by atoms with Crippen molar-refractivity contribution in [2.75, 3.05) is 13.1 Å². The third-order valence-corrected chi connectivity index (χ3v) is 3.06. The lowest BCUT2D eigenvalue weighted by Crippen LogP contribution is -2.44. The summed E-state index contributed by atoms with van der Waals surface area (Å²) in [5.74, 6) is -0.464. The monoisotopic (exact) mass is 268 g/mol. The lowest BCUT2D eigenvalue weighted by atomic mass is 10.2. The normalized spacial score (nSPS) is 12.5. The first kappa shape index (κ1) is 15.6. The fourth-order valence-electron chi connectivity index (χ4n) is 1.79. The molecule has 5 heteroatoms. The number of halogens is 1. The topological polar surface area (TPSA) is 41.6 Å². The second kappa shape index (κ2) is 7.86. The Morgan fingerprint density at radius 1 is 1.32 bits per heavy atom. The summed E-state index contributed by atoms with van der Waals surface area (Å²) in [6.07, 6.45) is 0. The van der Waals surface area contributed by atoms with Crippen LogP contribution in [0, 0.1) is 5.82 Å². The molecule has 1 rings (SSSR count). The molecule has 1 aromatic rings. The smallest absolute Gasteiger partial charge is 0.260 e. The van der Waals surface area contributed by atoms with Crippen LogP contribution in [-0.4, -0.2) is 29.9 Å². The van der Waals surface area contributed by atoms with Gasteiger partial charge in [-0.2, -0.15) is 0 Å². The Hall–Kier alpha value is -1.46. The molecule has 0 aliphatic rings. The molecule has 0 heterocycles. The van der Waals surface area contributed by atoms with Gasteiger partial charge in [-0.3, -0.25) is 14.5 Å². The van der Waals surface area contributed by atoms with E-state index in [4.69, 9.17) is 4.84 Å². The molecule has 1 amide bonds. The number of benzene rings is 1. The van der Waals surface area contributed by atoms with Crippen LogP contribution in [-0.2, 0) is 16.2 Å². The molecule has 0 saturated carbocycles. The fourth-order valence-corrected chi connectivity index (χ4v) is 1.79. The SMILES string of the molecule is CCN(CC)[C@H](C)C(=O)NOCc1ccc(F)cc1. The van der Waals surface area contributed by atoms with Gasteiger partial charge in [0.25, 0.3) is 5.91 Å². The molecule has 1 aromatic carbocycles. The number of likely N-dealkylation sites (N-methyl/N-ethyl adjacent to an activating group) is 1. The van der Waals surface area contributed by atoms with E-state index in [-0.39, 0.29) is 24.4 Å². The van der Waals surface area contributed by atoms with Crippen molar-refractivity contribution in [3.8, 4) is 0 Å². The van der Waals surface area contributed by atoms with Crippen molar-refractivity contribution in [3.05, 3.63) is 35.6 Å². The number of amides is 1. The average Bonchev–Trinajstić information content (AvgIpc) is 2.42. The standard InChI is InChI=1S/C14H21FN2O2/c1-4-17(5-2)11(3)14(18)16-19-10-12-6-8-13(15)9-7-12/h6-9,11H,4-5,10H2,1-3H3,(H,16,18)/t11-/m1/s1. The Bertz CT molecular complexity index is 391. The van der Waals surface area contributed by atoms with E-state index in [0.717, 1.165) is 18.7 Å². The Labute approximate surface area is 113 Å². The van der Waals surface area contributed by atoms with Crippen LogP contribution in [0.1, 0.15) is 26.3 Å². The van der Waals surface area contributed by atoms with Crippen LogP contribution in [0.4, 0.5) is 4.39 Å². The van der Waals surface area contributed by atoms with Crippen LogP contribution in [0.25, 0.3) is 0 Å². The lowest BCUT2D eigenvalue weighted by molar-refractivity contribution is -0.139. The van der Waals surface area contributed by atoms with Gasteiger partial charge in [0.15, 0.2) is 0 Å². The molecule has 0 fully saturated rings. The van der Waals surface area contributed by atoms with Gasteiger partial charge in [0.2, 0.25) is 0 Å². The van der Waals surface area contributed by atoms with Gasteiger partial charge in [0.1, 0.15) is 5.82 Å². The van der Waals surface area contributed by atoms with Crippen molar-refractivity contribution < 1.29 is 14.0 Å². The second-order valence-electron chi connectivity index (χ2n) is 4.28. The lowest BCUT2D eigenvalue weighted by Gasteiger charge is -2.24. The van der Waals surface area contributed by atoms with E-state index in [9.17, 15) is 9.18 Å². The number of carbonyl (C=O) groups excluding carboxylic acids is 1. The summed E-state index contributed by atoms with van der Waals surface area (Å²) in [7, 11) is 0. The average molecular weight is 268 g/mol. The van der Waals surface area contributed by atoms with Gasteiger partial charge < -0.3 is 0 Å². The third-order valence-electron chi connectivity index (χ3n) is 3.06. The summed E-state index contributed by atoms with van der Waals surface area (Å²) in [6.45, 7) is 7.69. The Morgan fingerprint density at radius 2 is 1.89 bits per heavy atom. The van der Waals surface area contributed by atoms with E-state index in [1.165, 1.54) is 12.1 Å². The Kier molecular flexibility index (Phi) is 6.45. The fraction of sp³-hybridized carbons (Fsp3) is 0.500. The van der Waals surface area contributed by atoms with Gasteiger partial charge in [-0.1, -0.05) is 26.0 Å². The first-order valence-electron chi connectivity index (χ1n) is 6.48. The summed E-state index contributed by atoms with van der Waals surface area (Å²) >= 11 is 0. The number of nitrogens with one attached hydrogen (secondary N) is 1. The highest BCUT2D eigenvalue weighted by Gasteiger charge is 2.18. The number of nitrogens with zero attached hydrogens (tertiary/aromatic N) is 1. The predicted molar refractivity (Wildman–Crippen MR) is 71.7 cm³/mol. The van der Waals surface area contributed by atoms with Gasteiger partial charge in [0, 0.05) is 0 Å². The Morgan fingerprint density at radius 3 is 2.42 bits per heavy atom. The molecule has 1 N–H and O–H groups in total. The number of hydrogen-bond donors (Lipinski definition) is 1. The van der Waals surface area contributed by atoms with E-state index in [2.05, 4.69) is 5.48 Å². The highest BCUT2D eigenvalue weighted by Crippen LogP contribution is 2.04. The van der Waals surface area contributed by atoms with Crippen LogP contribution in [0.5, 0.6) is 0 Å². The summed E-state index contributed by atoms with van der Waals surface area (Å²) in [5.41, 5.74) is 3.22. The van der Waals surface area contributed by atoms with Crippen LogP contribution < -0.4 is 5.48 Å². The zero-order valence-corrected chi connectivity index (χ0v) is 11.6. The molecule has 0 radical (unpaired) electrons. The van der Waals surface area contributed by atoms with E-state index < -0.39 is 0 Å². The van der Waals surface area contributed by atoms with Gasteiger partial charge in [-0.05, 0) is 37.7 Å². The van der Waals surface area contributed by atoms with E-state index >= 15 is 0 Å². The molecule has 4 nitrogen and oxygen atoms in total. The maximum absolute atomic E-state index is 12.7.